The van der Waals surface area contributed by atoms with Crippen LogP contribution in [0.15, 0.2) is 28.8 Å². The largest absolute Gasteiger partial charge is 0.416 e. The SMILES string of the molecule is CC(NC(=O)C1CCC1)c1nc(-c2cccc(C(F)(F)F)c2)no1. The fourth-order valence-corrected chi connectivity index (χ4v) is 2.43. The average Bonchev–Trinajstić information content (AvgIpc) is 2.94. The Kier molecular flexibility index (Phi) is 4.29. The number of nitrogens with zero attached hydrogens (tertiary/aromatic N) is 2. The third kappa shape index (κ3) is 3.42. The minimum Gasteiger partial charge on any atom is -0.344 e. The molecule has 8 heteroatoms. The number of rotatable bonds is 4. The molecule has 1 aromatic heterocycles. The summed E-state index contributed by atoms with van der Waals surface area (Å²) in [5.41, 5.74) is -0.574. The van der Waals surface area contributed by atoms with Gasteiger partial charge in [-0.3, -0.25) is 4.79 Å². The van der Waals surface area contributed by atoms with E-state index < -0.39 is 17.8 Å². The number of carbonyl (C=O) groups excluding carboxylic acids is 1. The number of alkyl halides is 3. The smallest absolute Gasteiger partial charge is 0.344 e. The molecule has 0 radical (unpaired) electrons. The summed E-state index contributed by atoms with van der Waals surface area (Å²) in [4.78, 5) is 16.0. The lowest BCUT2D eigenvalue weighted by Crippen LogP contribution is -2.36. The summed E-state index contributed by atoms with van der Waals surface area (Å²) in [6.07, 6.45) is -1.64. The van der Waals surface area contributed by atoms with Crippen molar-refractivity contribution in [3.8, 4) is 11.4 Å². The summed E-state index contributed by atoms with van der Waals surface area (Å²) in [5, 5.41) is 6.50. The van der Waals surface area contributed by atoms with Gasteiger partial charge in [0.1, 0.15) is 6.04 Å². The van der Waals surface area contributed by atoms with Crippen molar-refractivity contribution in [3.05, 3.63) is 35.7 Å². The number of hydrogen-bond donors (Lipinski definition) is 1. The highest BCUT2D eigenvalue weighted by atomic mass is 19.4. The Morgan fingerprint density at radius 1 is 1.38 bits per heavy atom. The van der Waals surface area contributed by atoms with Crippen LogP contribution < -0.4 is 5.32 Å². The lowest BCUT2D eigenvalue weighted by atomic mass is 9.84. The predicted molar refractivity (Wildman–Crippen MR) is 78.6 cm³/mol. The lowest BCUT2D eigenvalue weighted by Gasteiger charge is -2.25. The summed E-state index contributed by atoms with van der Waals surface area (Å²) in [7, 11) is 0. The Hall–Kier alpha value is -2.38. The van der Waals surface area contributed by atoms with E-state index in [4.69, 9.17) is 4.52 Å². The fourth-order valence-electron chi connectivity index (χ4n) is 2.43. The molecule has 2 aromatic rings. The van der Waals surface area contributed by atoms with E-state index in [1.54, 1.807) is 6.92 Å². The van der Waals surface area contributed by atoms with Gasteiger partial charge in [0.2, 0.25) is 17.6 Å². The van der Waals surface area contributed by atoms with Crippen molar-refractivity contribution in [2.45, 2.75) is 38.4 Å². The number of halogens is 3. The zero-order valence-electron chi connectivity index (χ0n) is 12.9. The highest BCUT2D eigenvalue weighted by Gasteiger charge is 2.31. The second kappa shape index (κ2) is 6.26. The summed E-state index contributed by atoms with van der Waals surface area (Å²) >= 11 is 0. The van der Waals surface area contributed by atoms with Gasteiger partial charge in [0.05, 0.1) is 5.56 Å². The molecule has 3 rings (SSSR count). The molecule has 0 saturated heterocycles. The second-order valence-electron chi connectivity index (χ2n) is 5.89. The fraction of sp³-hybridized carbons (Fsp3) is 0.438. The van der Waals surface area contributed by atoms with Gasteiger partial charge < -0.3 is 9.84 Å². The maximum atomic E-state index is 12.8. The normalized spacial score (nSPS) is 16.5. The Balaban J connectivity index is 1.74. The van der Waals surface area contributed by atoms with Gasteiger partial charge in [0.15, 0.2) is 0 Å². The summed E-state index contributed by atoms with van der Waals surface area (Å²) in [5.74, 6) is 0.182. The average molecular weight is 339 g/mol. The standard InChI is InChI=1S/C16H16F3N3O2/c1-9(20-14(23)10-4-2-5-10)15-21-13(22-24-15)11-6-3-7-12(8-11)16(17,18)19/h3,6-10H,2,4-5H2,1H3,(H,20,23). The van der Waals surface area contributed by atoms with E-state index in [1.807, 2.05) is 0 Å². The van der Waals surface area contributed by atoms with Gasteiger partial charge in [-0.25, -0.2) is 0 Å². The minimum absolute atomic E-state index is 0.0262. The first-order valence-electron chi connectivity index (χ1n) is 7.66. The van der Waals surface area contributed by atoms with Crippen LogP contribution in [0.1, 0.15) is 43.7 Å². The van der Waals surface area contributed by atoms with Crippen LogP contribution in [0.5, 0.6) is 0 Å². The molecule has 24 heavy (non-hydrogen) atoms. The van der Waals surface area contributed by atoms with E-state index >= 15 is 0 Å². The molecule has 1 aliphatic rings. The van der Waals surface area contributed by atoms with Crippen LogP contribution in [-0.4, -0.2) is 16.0 Å². The summed E-state index contributed by atoms with van der Waals surface area (Å²) in [6.45, 7) is 1.69. The van der Waals surface area contributed by atoms with E-state index in [0.717, 1.165) is 31.4 Å². The molecular formula is C16H16F3N3O2. The van der Waals surface area contributed by atoms with Gasteiger partial charge in [0.25, 0.3) is 0 Å². The molecular weight excluding hydrogens is 323 g/mol. The summed E-state index contributed by atoms with van der Waals surface area (Å²) < 4.78 is 43.4. The van der Waals surface area contributed by atoms with Crippen molar-refractivity contribution in [3.63, 3.8) is 0 Å². The van der Waals surface area contributed by atoms with Crippen LogP contribution in [0.25, 0.3) is 11.4 Å². The Morgan fingerprint density at radius 3 is 2.75 bits per heavy atom. The summed E-state index contributed by atoms with van der Waals surface area (Å²) in [6, 6.07) is 4.21. The monoisotopic (exact) mass is 339 g/mol. The quantitative estimate of drug-likeness (QED) is 0.921. The van der Waals surface area contributed by atoms with Gasteiger partial charge >= 0.3 is 6.18 Å². The maximum absolute atomic E-state index is 12.8. The molecule has 1 amide bonds. The molecule has 1 atom stereocenters. The number of benzene rings is 1. The third-order valence-electron chi connectivity index (χ3n) is 4.09. The van der Waals surface area contributed by atoms with Gasteiger partial charge in [0, 0.05) is 11.5 Å². The molecule has 0 aliphatic heterocycles. The van der Waals surface area contributed by atoms with Crippen LogP contribution >= 0.6 is 0 Å². The lowest BCUT2D eigenvalue weighted by molar-refractivity contribution is -0.137. The van der Waals surface area contributed by atoms with E-state index in [9.17, 15) is 18.0 Å². The topological polar surface area (TPSA) is 68.0 Å². The molecule has 1 aromatic carbocycles. The molecule has 0 bridgehead atoms. The Bertz CT molecular complexity index is 738. The number of nitrogens with one attached hydrogen (secondary N) is 1. The molecule has 1 aliphatic carbocycles. The van der Waals surface area contributed by atoms with E-state index in [2.05, 4.69) is 15.5 Å². The number of amides is 1. The predicted octanol–water partition coefficient (Wildman–Crippen LogP) is 3.73. The van der Waals surface area contributed by atoms with Crippen LogP contribution in [0.2, 0.25) is 0 Å². The molecule has 0 spiro atoms. The van der Waals surface area contributed by atoms with Gasteiger partial charge in [-0.15, -0.1) is 0 Å². The van der Waals surface area contributed by atoms with Crippen LogP contribution in [0.4, 0.5) is 13.2 Å². The van der Waals surface area contributed by atoms with Gasteiger partial charge in [-0.1, -0.05) is 23.7 Å². The van der Waals surface area contributed by atoms with Crippen LogP contribution in [0.3, 0.4) is 0 Å². The highest BCUT2D eigenvalue weighted by molar-refractivity contribution is 5.79. The maximum Gasteiger partial charge on any atom is 0.416 e. The van der Waals surface area contributed by atoms with Crippen molar-refractivity contribution >= 4 is 5.91 Å². The zero-order valence-corrected chi connectivity index (χ0v) is 12.9. The molecule has 1 N–H and O–H groups in total. The molecule has 1 unspecified atom stereocenters. The van der Waals surface area contributed by atoms with E-state index in [-0.39, 0.29) is 29.1 Å². The van der Waals surface area contributed by atoms with Crippen LogP contribution in [-0.2, 0) is 11.0 Å². The first-order chi connectivity index (χ1) is 11.3. The first-order valence-corrected chi connectivity index (χ1v) is 7.66. The zero-order chi connectivity index (χ0) is 17.3. The Morgan fingerprint density at radius 2 is 2.12 bits per heavy atom. The van der Waals surface area contributed by atoms with Crippen molar-refractivity contribution < 1.29 is 22.5 Å². The first kappa shape index (κ1) is 16.5. The van der Waals surface area contributed by atoms with E-state index in [1.165, 1.54) is 12.1 Å². The molecule has 1 fully saturated rings. The van der Waals surface area contributed by atoms with Crippen LogP contribution in [0, 0.1) is 5.92 Å². The van der Waals surface area contributed by atoms with Crippen molar-refractivity contribution in [1.29, 1.82) is 0 Å². The second-order valence-corrected chi connectivity index (χ2v) is 5.89. The number of carbonyl (C=O) groups is 1. The molecule has 5 nitrogen and oxygen atoms in total. The van der Waals surface area contributed by atoms with E-state index in [0.29, 0.717) is 0 Å². The minimum atomic E-state index is -4.44. The molecule has 1 heterocycles. The molecule has 128 valence electrons. The van der Waals surface area contributed by atoms with Gasteiger partial charge in [-0.05, 0) is 31.9 Å². The van der Waals surface area contributed by atoms with Gasteiger partial charge in [-0.2, -0.15) is 18.2 Å². The van der Waals surface area contributed by atoms with Crippen molar-refractivity contribution in [2.24, 2.45) is 5.92 Å². The van der Waals surface area contributed by atoms with Crippen molar-refractivity contribution in [2.75, 3.05) is 0 Å². The Labute approximate surface area is 136 Å². The third-order valence-corrected chi connectivity index (χ3v) is 4.09. The number of hydrogen-bond acceptors (Lipinski definition) is 4. The molecule has 1 saturated carbocycles. The number of aromatic nitrogens is 2. The van der Waals surface area contributed by atoms with Crippen molar-refractivity contribution in [1.82, 2.24) is 15.5 Å². The highest BCUT2D eigenvalue weighted by Crippen LogP contribution is 2.32.